The Labute approximate surface area is 111 Å². The molecule has 7 heteroatoms. The minimum absolute atomic E-state index is 0.158. The molecule has 0 fully saturated rings. The van der Waals surface area contributed by atoms with Gasteiger partial charge >= 0.3 is 0 Å². The van der Waals surface area contributed by atoms with Gasteiger partial charge in [0.05, 0.1) is 5.62 Å². The van der Waals surface area contributed by atoms with Crippen molar-refractivity contribution in [2.45, 2.75) is 13.3 Å². The third kappa shape index (κ3) is 6.05. The quantitative estimate of drug-likeness (QED) is 0.468. The number of rotatable bonds is 9. The molecule has 0 saturated carbocycles. The molecule has 0 aliphatic carbocycles. The molecular weight excluding hydrogens is 295 g/mol. The minimum atomic E-state index is -2.51. The van der Waals surface area contributed by atoms with Crippen molar-refractivity contribution in [3.8, 4) is 0 Å². The fourth-order valence-corrected chi connectivity index (χ4v) is 7.01. The number of alkyl halides is 3. The van der Waals surface area contributed by atoms with Crippen LogP contribution in [0, 0.1) is 0 Å². The molecule has 0 rings (SSSR count). The second-order valence-corrected chi connectivity index (χ2v) is 9.63. The van der Waals surface area contributed by atoms with Gasteiger partial charge in [0.1, 0.15) is 0 Å². The number of nitrogens with zero attached hydrogens (tertiary/aromatic N) is 1. The van der Waals surface area contributed by atoms with E-state index in [4.69, 9.17) is 34.8 Å². The predicted octanol–water partition coefficient (Wildman–Crippen LogP) is 4.30. The Morgan fingerprint density at radius 3 is 2.07 bits per heavy atom. The Morgan fingerprint density at radius 2 is 1.73 bits per heavy atom. The van der Waals surface area contributed by atoms with Crippen LogP contribution in [0.1, 0.15) is 13.3 Å². The molecule has 1 atom stereocenters. The molecule has 0 radical (unpaired) electrons. The summed E-state index contributed by atoms with van der Waals surface area (Å²) in [5.41, 5.74) is 0.158. The lowest BCUT2D eigenvalue weighted by molar-refractivity contribution is 0.462. The first-order chi connectivity index (χ1) is 7.14. The SMILES string of the molecule is CCCSP(=O)(CCl)N(CCCl)CCCl. The van der Waals surface area contributed by atoms with Crippen molar-refractivity contribution in [2.75, 3.05) is 36.2 Å². The summed E-state index contributed by atoms with van der Waals surface area (Å²) in [6, 6.07) is 0. The van der Waals surface area contributed by atoms with Gasteiger partial charge in [-0.3, -0.25) is 4.57 Å². The normalized spacial score (nSPS) is 15.5. The zero-order chi connectivity index (χ0) is 11.7. The first kappa shape index (κ1) is 16.4. The number of hydrogen-bond donors (Lipinski definition) is 0. The van der Waals surface area contributed by atoms with Gasteiger partial charge in [-0.1, -0.05) is 18.3 Å². The summed E-state index contributed by atoms with van der Waals surface area (Å²) in [4.78, 5) is 0. The zero-order valence-corrected chi connectivity index (χ0v) is 12.8. The lowest BCUT2D eigenvalue weighted by Gasteiger charge is -2.28. The summed E-state index contributed by atoms with van der Waals surface area (Å²) in [6.45, 7) is 0.698. The van der Waals surface area contributed by atoms with E-state index in [1.807, 2.05) is 4.67 Å². The van der Waals surface area contributed by atoms with Crippen molar-refractivity contribution < 1.29 is 4.57 Å². The van der Waals surface area contributed by atoms with Gasteiger partial charge in [-0.15, -0.1) is 34.8 Å². The molecule has 0 bridgehead atoms. The van der Waals surface area contributed by atoms with Crippen molar-refractivity contribution in [3.63, 3.8) is 0 Å². The van der Waals surface area contributed by atoms with Gasteiger partial charge < -0.3 is 0 Å². The third-order valence-electron chi connectivity index (χ3n) is 1.76. The highest BCUT2D eigenvalue weighted by molar-refractivity contribution is 8.57. The summed E-state index contributed by atoms with van der Waals surface area (Å²) >= 11 is 18.6. The Morgan fingerprint density at radius 1 is 1.20 bits per heavy atom. The first-order valence-electron chi connectivity index (χ1n) is 4.81. The summed E-state index contributed by atoms with van der Waals surface area (Å²) in [5.74, 6) is 1.75. The van der Waals surface area contributed by atoms with Crippen LogP contribution in [0.3, 0.4) is 0 Å². The van der Waals surface area contributed by atoms with Gasteiger partial charge in [0, 0.05) is 30.6 Å². The summed E-state index contributed by atoms with van der Waals surface area (Å²) in [5, 5.41) is 0. The van der Waals surface area contributed by atoms with E-state index in [2.05, 4.69) is 6.92 Å². The summed E-state index contributed by atoms with van der Waals surface area (Å²) in [7, 11) is 0. The molecule has 0 aromatic rings. The molecule has 0 N–H and O–H groups in total. The maximum atomic E-state index is 12.5. The summed E-state index contributed by atoms with van der Waals surface area (Å²) in [6.07, 6.45) is 0.987. The van der Waals surface area contributed by atoms with Crippen LogP contribution in [0.25, 0.3) is 0 Å². The Bertz CT molecular complexity index is 202. The maximum absolute atomic E-state index is 12.5. The second-order valence-electron chi connectivity index (χ2n) is 2.92. The van der Waals surface area contributed by atoms with Crippen LogP contribution in [0.15, 0.2) is 0 Å². The van der Waals surface area contributed by atoms with E-state index in [0.717, 1.165) is 12.2 Å². The highest BCUT2D eigenvalue weighted by Gasteiger charge is 2.29. The smallest absolute Gasteiger partial charge is 0.217 e. The van der Waals surface area contributed by atoms with Gasteiger partial charge in [0.15, 0.2) is 0 Å². The molecule has 0 amide bonds. The lowest BCUT2D eigenvalue weighted by Crippen LogP contribution is -2.24. The molecule has 15 heavy (non-hydrogen) atoms. The molecule has 1 unspecified atom stereocenters. The van der Waals surface area contributed by atoms with E-state index >= 15 is 0 Å². The van der Waals surface area contributed by atoms with Crippen molar-refractivity contribution in [2.24, 2.45) is 0 Å². The zero-order valence-electron chi connectivity index (χ0n) is 8.79. The van der Waals surface area contributed by atoms with E-state index < -0.39 is 6.49 Å². The number of halogens is 3. The monoisotopic (exact) mass is 311 g/mol. The van der Waals surface area contributed by atoms with E-state index in [9.17, 15) is 4.57 Å². The van der Waals surface area contributed by atoms with Gasteiger partial charge in [-0.2, -0.15) is 0 Å². The van der Waals surface area contributed by atoms with Crippen LogP contribution in [0.5, 0.6) is 0 Å². The molecule has 0 saturated heterocycles. The molecule has 0 aliphatic rings. The fourth-order valence-electron chi connectivity index (χ4n) is 1.04. The Kier molecular flexibility index (Phi) is 10.3. The average molecular weight is 313 g/mol. The molecule has 92 valence electrons. The first-order valence-corrected chi connectivity index (χ1v) is 9.85. The van der Waals surface area contributed by atoms with Crippen LogP contribution in [-0.2, 0) is 4.57 Å². The van der Waals surface area contributed by atoms with E-state index in [1.165, 1.54) is 11.4 Å². The van der Waals surface area contributed by atoms with Crippen LogP contribution in [0.4, 0.5) is 0 Å². The highest BCUT2D eigenvalue weighted by atomic mass is 35.5. The molecule has 0 heterocycles. The third-order valence-corrected chi connectivity index (χ3v) is 8.90. The predicted molar refractivity (Wildman–Crippen MR) is 74.1 cm³/mol. The van der Waals surface area contributed by atoms with Crippen LogP contribution in [-0.4, -0.2) is 40.9 Å². The largest absolute Gasteiger partial charge is 0.293 e. The number of hydrogen-bond acceptors (Lipinski definition) is 2. The maximum Gasteiger partial charge on any atom is 0.217 e. The molecular formula is C8H17Cl3NOPS. The van der Waals surface area contributed by atoms with Gasteiger partial charge in [-0.25, -0.2) is 4.67 Å². The second kappa shape index (κ2) is 9.44. The van der Waals surface area contributed by atoms with Crippen molar-refractivity contribution in [3.05, 3.63) is 0 Å². The Hall–Kier alpha value is 1.41. The van der Waals surface area contributed by atoms with Crippen LogP contribution in [0.2, 0.25) is 0 Å². The molecule has 0 aromatic heterocycles. The van der Waals surface area contributed by atoms with Crippen molar-refractivity contribution in [1.29, 1.82) is 0 Å². The van der Waals surface area contributed by atoms with E-state index in [-0.39, 0.29) is 5.62 Å². The molecule has 2 nitrogen and oxygen atoms in total. The Balaban J connectivity index is 4.46. The van der Waals surface area contributed by atoms with Gasteiger partial charge in [0.2, 0.25) is 6.49 Å². The molecule has 0 aliphatic heterocycles. The topological polar surface area (TPSA) is 20.3 Å². The standard InChI is InChI=1S/C8H17Cl3NOPS/c1-2-7-15-14(13,8-11)12(5-3-9)6-4-10/h2-8H2,1H3. The average Bonchev–Trinajstić information content (AvgIpc) is 2.25. The molecule has 0 aromatic carbocycles. The summed E-state index contributed by atoms with van der Waals surface area (Å²) < 4.78 is 14.3. The minimum Gasteiger partial charge on any atom is -0.293 e. The van der Waals surface area contributed by atoms with E-state index in [0.29, 0.717) is 24.8 Å². The van der Waals surface area contributed by atoms with E-state index in [1.54, 1.807) is 0 Å². The van der Waals surface area contributed by atoms with Crippen molar-refractivity contribution in [1.82, 2.24) is 4.67 Å². The fraction of sp³-hybridized carbons (Fsp3) is 1.00. The van der Waals surface area contributed by atoms with Crippen molar-refractivity contribution >= 4 is 52.7 Å². The van der Waals surface area contributed by atoms with Gasteiger partial charge in [0.25, 0.3) is 0 Å². The lowest BCUT2D eigenvalue weighted by atomic mass is 10.6. The van der Waals surface area contributed by atoms with Gasteiger partial charge in [-0.05, 0) is 6.42 Å². The van der Waals surface area contributed by atoms with Crippen LogP contribution >= 0.6 is 52.7 Å². The molecule has 0 spiro atoms. The highest BCUT2D eigenvalue weighted by Crippen LogP contribution is 2.62. The van der Waals surface area contributed by atoms with Crippen LogP contribution < -0.4 is 0 Å².